The van der Waals surface area contributed by atoms with E-state index in [2.05, 4.69) is 51.3 Å². The van der Waals surface area contributed by atoms with Crippen molar-refractivity contribution in [3.05, 3.63) is 0 Å². The summed E-state index contributed by atoms with van der Waals surface area (Å²) >= 11 is 0. The first kappa shape index (κ1) is 34.7. The largest absolute Gasteiger partial charge is 0.388 e. The van der Waals surface area contributed by atoms with Gasteiger partial charge in [-0.05, 0) is 124 Å². The minimum atomic E-state index is -1.27. The molecule has 5 N–H and O–H groups in total. The van der Waals surface area contributed by atoms with Crippen molar-refractivity contribution >= 4 is 0 Å². The molecular formula is C39H67N3O6. The third-order valence-electron chi connectivity index (χ3n) is 16.8. The summed E-state index contributed by atoms with van der Waals surface area (Å²) in [6.45, 7) is 22.3. The number of morpholine rings is 1. The standard InChI is InChI=1S/C39H67N3O6/c1-22(2)42-18-24(19-42)41-15-16-46-29(20-41)48-28-11-12-37-21-38(37)14-13-36(8)30-23(3)17-25(32(43)35(6,7)45)47-31(30)33(44)39(36,40)27(38)10-9-26(37)34(28,4)5/h22-33,43-45H,9-21,40H2,1-8H3/t23-,25?,26+,27?,28?,29+,30+,31?,32+,33+,36?,37?,38?,39+/m1/s1. The fourth-order valence-electron chi connectivity index (χ4n) is 14.2. The van der Waals surface area contributed by atoms with Crippen LogP contribution >= 0.6 is 0 Å². The molecule has 0 radical (unpaired) electrons. The average molecular weight is 674 g/mol. The molecule has 0 amide bonds. The number of hydrogen-bond donors (Lipinski definition) is 4. The summed E-state index contributed by atoms with van der Waals surface area (Å²) in [5.41, 5.74) is 5.98. The van der Waals surface area contributed by atoms with Crippen LogP contribution in [0.4, 0.5) is 0 Å². The highest BCUT2D eigenvalue weighted by Crippen LogP contribution is 2.87. The average Bonchev–Trinajstić information content (AvgIpc) is 3.61. The van der Waals surface area contributed by atoms with Crippen molar-refractivity contribution in [1.29, 1.82) is 0 Å². The summed E-state index contributed by atoms with van der Waals surface area (Å²) in [7, 11) is 0. The Balaban J connectivity index is 0.991. The molecule has 8 rings (SSSR count). The number of fused-ring (bicyclic) bond motifs is 4. The molecule has 48 heavy (non-hydrogen) atoms. The van der Waals surface area contributed by atoms with Gasteiger partial charge in [0.1, 0.15) is 6.10 Å². The van der Waals surface area contributed by atoms with E-state index in [4.69, 9.17) is 19.9 Å². The molecule has 0 aromatic rings. The van der Waals surface area contributed by atoms with Crippen LogP contribution in [0.1, 0.15) is 107 Å². The predicted octanol–water partition coefficient (Wildman–Crippen LogP) is 3.76. The molecule has 3 aliphatic heterocycles. The van der Waals surface area contributed by atoms with Gasteiger partial charge < -0.3 is 35.3 Å². The van der Waals surface area contributed by atoms with E-state index in [-0.39, 0.29) is 51.8 Å². The van der Waals surface area contributed by atoms with Crippen LogP contribution in [0.2, 0.25) is 0 Å². The molecule has 3 heterocycles. The number of aliphatic hydroxyl groups excluding tert-OH is 2. The molecule has 3 saturated heterocycles. The van der Waals surface area contributed by atoms with Gasteiger partial charge >= 0.3 is 0 Å². The second-order valence-electron chi connectivity index (χ2n) is 19.9. The lowest BCUT2D eigenvalue weighted by atomic mass is 9.43. The maximum atomic E-state index is 12.3. The van der Waals surface area contributed by atoms with Crippen molar-refractivity contribution in [2.45, 2.75) is 167 Å². The summed E-state index contributed by atoms with van der Waals surface area (Å²) < 4.78 is 19.9. The zero-order valence-corrected chi connectivity index (χ0v) is 31.2. The fraction of sp³-hybridized carbons (Fsp3) is 1.00. The van der Waals surface area contributed by atoms with Crippen LogP contribution in [-0.2, 0) is 14.2 Å². The molecule has 0 bridgehead atoms. The Morgan fingerprint density at radius 2 is 1.67 bits per heavy atom. The molecule has 8 fully saturated rings. The van der Waals surface area contributed by atoms with E-state index in [1.54, 1.807) is 13.8 Å². The van der Waals surface area contributed by atoms with Gasteiger partial charge in [0.05, 0.1) is 42.2 Å². The summed E-state index contributed by atoms with van der Waals surface area (Å²) in [5, 5.41) is 34.0. The van der Waals surface area contributed by atoms with Crippen LogP contribution in [0.5, 0.6) is 0 Å². The van der Waals surface area contributed by atoms with E-state index in [1.165, 1.54) is 19.3 Å². The van der Waals surface area contributed by atoms with Crippen LogP contribution < -0.4 is 5.73 Å². The Bertz CT molecular complexity index is 1250. The Labute approximate surface area is 289 Å². The molecule has 0 aromatic carbocycles. The summed E-state index contributed by atoms with van der Waals surface area (Å²) in [5.74, 6) is 1.19. The van der Waals surface area contributed by atoms with E-state index < -0.39 is 35.6 Å². The van der Waals surface area contributed by atoms with E-state index in [0.29, 0.717) is 24.4 Å². The third kappa shape index (κ3) is 4.53. The number of rotatable bonds is 6. The van der Waals surface area contributed by atoms with Crippen LogP contribution in [-0.4, -0.2) is 118 Å². The normalized spacial score (nSPS) is 52.8. The van der Waals surface area contributed by atoms with Gasteiger partial charge in [0, 0.05) is 38.3 Å². The van der Waals surface area contributed by atoms with Crippen LogP contribution in [0.3, 0.4) is 0 Å². The summed E-state index contributed by atoms with van der Waals surface area (Å²) in [4.78, 5) is 5.15. The molecular weight excluding hydrogens is 606 g/mol. The zero-order chi connectivity index (χ0) is 34.4. The van der Waals surface area contributed by atoms with Gasteiger partial charge in [-0.15, -0.1) is 0 Å². The lowest BCUT2D eigenvalue weighted by molar-refractivity contribution is -0.251. The molecule has 274 valence electrons. The van der Waals surface area contributed by atoms with Crippen molar-refractivity contribution < 1.29 is 29.5 Å². The molecule has 2 spiro atoms. The van der Waals surface area contributed by atoms with Crippen LogP contribution in [0.25, 0.3) is 0 Å². The molecule has 5 saturated carbocycles. The van der Waals surface area contributed by atoms with Crippen LogP contribution in [0, 0.1) is 45.3 Å². The van der Waals surface area contributed by atoms with Gasteiger partial charge in [-0.25, -0.2) is 0 Å². The first-order valence-corrected chi connectivity index (χ1v) is 19.7. The first-order valence-electron chi connectivity index (χ1n) is 19.7. The van der Waals surface area contributed by atoms with Gasteiger partial charge in [-0.1, -0.05) is 27.7 Å². The maximum absolute atomic E-state index is 12.3. The highest BCUT2D eigenvalue weighted by atomic mass is 16.7. The Hall–Kier alpha value is -0.360. The monoisotopic (exact) mass is 674 g/mol. The summed E-state index contributed by atoms with van der Waals surface area (Å²) in [6, 6.07) is 1.23. The Morgan fingerprint density at radius 3 is 2.35 bits per heavy atom. The smallest absolute Gasteiger partial charge is 0.170 e. The van der Waals surface area contributed by atoms with E-state index in [9.17, 15) is 15.3 Å². The predicted molar refractivity (Wildman–Crippen MR) is 184 cm³/mol. The van der Waals surface area contributed by atoms with Crippen molar-refractivity contribution in [1.82, 2.24) is 9.80 Å². The molecule has 9 heteroatoms. The van der Waals surface area contributed by atoms with Gasteiger partial charge in [0.15, 0.2) is 6.29 Å². The first-order chi connectivity index (χ1) is 22.4. The minimum Gasteiger partial charge on any atom is -0.388 e. The highest BCUT2D eigenvalue weighted by molar-refractivity contribution is 5.35. The fourth-order valence-corrected chi connectivity index (χ4v) is 14.2. The number of likely N-dealkylation sites (tertiary alicyclic amines) is 1. The van der Waals surface area contributed by atoms with E-state index in [0.717, 1.165) is 58.5 Å². The van der Waals surface area contributed by atoms with Crippen molar-refractivity contribution in [2.75, 3.05) is 32.8 Å². The molecule has 8 aliphatic rings. The summed E-state index contributed by atoms with van der Waals surface area (Å²) in [6.07, 6.45) is 5.76. The maximum Gasteiger partial charge on any atom is 0.170 e. The van der Waals surface area contributed by atoms with E-state index in [1.807, 2.05) is 0 Å². The van der Waals surface area contributed by atoms with Gasteiger partial charge in [-0.3, -0.25) is 9.80 Å². The topological polar surface area (TPSA) is 121 Å². The van der Waals surface area contributed by atoms with Gasteiger partial charge in [0.25, 0.3) is 0 Å². The van der Waals surface area contributed by atoms with Crippen LogP contribution in [0.15, 0.2) is 0 Å². The Morgan fingerprint density at radius 1 is 0.979 bits per heavy atom. The lowest BCUT2D eigenvalue weighted by Gasteiger charge is -2.63. The van der Waals surface area contributed by atoms with Crippen molar-refractivity contribution in [2.24, 2.45) is 51.1 Å². The van der Waals surface area contributed by atoms with Gasteiger partial charge in [-0.2, -0.15) is 0 Å². The number of nitrogens with zero attached hydrogens (tertiary/aromatic N) is 2. The highest BCUT2D eigenvalue weighted by Gasteiger charge is 2.85. The second kappa shape index (κ2) is 11.1. The minimum absolute atomic E-state index is 0.0339. The molecule has 9 nitrogen and oxygen atoms in total. The van der Waals surface area contributed by atoms with Crippen molar-refractivity contribution in [3.8, 4) is 0 Å². The van der Waals surface area contributed by atoms with Crippen molar-refractivity contribution in [3.63, 3.8) is 0 Å². The number of ether oxygens (including phenoxy) is 3. The van der Waals surface area contributed by atoms with Gasteiger partial charge in [0.2, 0.25) is 0 Å². The SMILES string of the molecule is CC(C)N1CC(N2CCO[C@@H](OC3CCC45CC46CCC4(C)[C@@H]7C(OC([C@H](O)C(C)(C)O)C[C@H]7C)[C@H](O)[C@@]4(N)C6CC[C@H]5C3(C)C)C2)C1. The molecule has 0 aromatic heterocycles. The Kier molecular flexibility index (Phi) is 8.01. The van der Waals surface area contributed by atoms with E-state index >= 15 is 0 Å². The molecule has 5 aliphatic carbocycles. The quantitative estimate of drug-likeness (QED) is 0.334. The number of aliphatic hydroxyl groups is 3. The third-order valence-corrected chi connectivity index (χ3v) is 16.8. The lowest BCUT2D eigenvalue weighted by Crippen LogP contribution is -2.70. The number of hydrogen-bond acceptors (Lipinski definition) is 9. The number of nitrogens with two attached hydrogens (primary N) is 1. The zero-order valence-electron chi connectivity index (χ0n) is 31.2. The molecule has 14 atom stereocenters. The molecule has 7 unspecified atom stereocenters. The second-order valence-corrected chi connectivity index (χ2v) is 19.9.